The molecule has 0 aliphatic carbocycles. The van der Waals surface area contributed by atoms with Crippen molar-refractivity contribution < 1.29 is 36.2 Å². The molecule has 2 aromatic carbocycles. The highest BCUT2D eigenvalue weighted by molar-refractivity contribution is 7.22. The van der Waals surface area contributed by atoms with Crippen LogP contribution in [0.4, 0.5) is 22.0 Å². The summed E-state index contributed by atoms with van der Waals surface area (Å²) in [6.07, 6.45) is 0.703. The van der Waals surface area contributed by atoms with Crippen LogP contribution in [0.5, 0.6) is 11.5 Å². The Balaban J connectivity index is 1.29. The van der Waals surface area contributed by atoms with Crippen LogP contribution in [0, 0.1) is 11.6 Å². The van der Waals surface area contributed by atoms with Crippen molar-refractivity contribution in [3.8, 4) is 22.2 Å². The molecule has 0 saturated heterocycles. The predicted octanol–water partition coefficient (Wildman–Crippen LogP) is 8.11. The van der Waals surface area contributed by atoms with Crippen LogP contribution in [0.3, 0.4) is 0 Å². The Bertz CT molecular complexity index is 1800. The molecule has 0 saturated carbocycles. The average Bonchev–Trinajstić information content (AvgIpc) is 3.57. The lowest BCUT2D eigenvalue weighted by atomic mass is 10.0. The monoisotopic (exact) mass is 629 g/mol. The van der Waals surface area contributed by atoms with Gasteiger partial charge in [0, 0.05) is 57.8 Å². The molecule has 0 bridgehead atoms. The van der Waals surface area contributed by atoms with Crippen LogP contribution in [0.2, 0.25) is 0 Å². The number of thiophene rings is 1. The molecule has 3 aromatic heterocycles. The number of benzene rings is 2. The molecular formula is C32H28F5N3O3S. The van der Waals surface area contributed by atoms with Crippen LogP contribution < -0.4 is 4.74 Å². The molecule has 5 aromatic rings. The summed E-state index contributed by atoms with van der Waals surface area (Å²) in [5, 5.41) is 0. The molecule has 0 aliphatic rings. The molecule has 0 atom stereocenters. The molecule has 5 rings (SSSR count). The van der Waals surface area contributed by atoms with Crippen LogP contribution in [0.15, 0.2) is 60.9 Å². The number of aromatic nitrogens is 3. The third-order valence-corrected chi connectivity index (χ3v) is 8.22. The molecule has 0 unspecified atom stereocenters. The van der Waals surface area contributed by atoms with E-state index in [1.165, 1.54) is 23.5 Å². The fourth-order valence-corrected chi connectivity index (χ4v) is 5.91. The van der Waals surface area contributed by atoms with Gasteiger partial charge in [-0.1, -0.05) is 6.07 Å². The first kappa shape index (κ1) is 31.3. The highest BCUT2D eigenvalue weighted by Gasteiger charge is 2.31. The molecule has 0 aliphatic heterocycles. The van der Waals surface area contributed by atoms with Gasteiger partial charge in [0.2, 0.25) is 0 Å². The van der Waals surface area contributed by atoms with Gasteiger partial charge >= 0.3 is 6.18 Å². The van der Waals surface area contributed by atoms with Crippen molar-refractivity contribution in [2.24, 2.45) is 7.05 Å². The lowest BCUT2D eigenvalue weighted by Crippen LogP contribution is -2.11. The maximum absolute atomic E-state index is 15.1. The molecule has 0 radical (unpaired) electrons. The van der Waals surface area contributed by atoms with Gasteiger partial charge in [0.25, 0.3) is 0 Å². The highest BCUT2D eigenvalue weighted by atomic mass is 32.1. The third-order valence-electron chi connectivity index (χ3n) is 7.09. The number of hydrogen-bond acceptors (Lipinski definition) is 6. The number of unbranched alkanes of at least 4 members (excludes halogenated alkanes) is 1. The Morgan fingerprint density at radius 1 is 0.955 bits per heavy atom. The number of carbonyl (C=O) groups is 1. The summed E-state index contributed by atoms with van der Waals surface area (Å²) < 4.78 is 81.9. The summed E-state index contributed by atoms with van der Waals surface area (Å²) in [4.78, 5) is 22.4. The van der Waals surface area contributed by atoms with Crippen molar-refractivity contribution in [3.63, 3.8) is 0 Å². The number of carbonyl (C=O) groups excluding carboxylic acids is 1. The molecule has 6 nitrogen and oxygen atoms in total. The fraction of sp³-hybridized carbons (Fsp3) is 0.281. The van der Waals surface area contributed by atoms with Crippen LogP contribution >= 0.6 is 11.3 Å². The molecule has 0 fully saturated rings. The largest absolute Gasteiger partial charge is 0.453 e. The minimum absolute atomic E-state index is 0.0806. The van der Waals surface area contributed by atoms with E-state index in [1.54, 1.807) is 19.4 Å². The number of methoxy groups -OCH3 is 1. The zero-order chi connectivity index (χ0) is 31.4. The van der Waals surface area contributed by atoms with Crippen molar-refractivity contribution in [1.82, 2.24) is 14.5 Å². The van der Waals surface area contributed by atoms with Crippen molar-refractivity contribution in [2.75, 3.05) is 13.7 Å². The lowest BCUT2D eigenvalue weighted by molar-refractivity contribution is -0.137. The minimum Gasteiger partial charge on any atom is -0.453 e. The number of halogens is 5. The first-order chi connectivity index (χ1) is 21.0. The second-order valence-corrected chi connectivity index (χ2v) is 11.3. The van der Waals surface area contributed by atoms with E-state index in [0.29, 0.717) is 40.8 Å². The minimum atomic E-state index is -4.67. The number of aryl methyl sites for hydroxylation is 1. The maximum atomic E-state index is 15.1. The lowest BCUT2D eigenvalue weighted by Gasteiger charge is -2.10. The van der Waals surface area contributed by atoms with Gasteiger partial charge in [0.05, 0.1) is 20.7 Å². The summed E-state index contributed by atoms with van der Waals surface area (Å²) in [7, 11) is 3.64. The van der Waals surface area contributed by atoms with Crippen molar-refractivity contribution in [2.45, 2.75) is 38.3 Å². The number of imidazole rings is 1. The molecule has 0 amide bonds. The van der Waals surface area contributed by atoms with Gasteiger partial charge in [0.1, 0.15) is 23.2 Å². The van der Waals surface area contributed by atoms with Crippen molar-refractivity contribution in [3.05, 3.63) is 94.9 Å². The number of rotatable bonds is 12. The van der Waals surface area contributed by atoms with Gasteiger partial charge in [-0.15, -0.1) is 11.3 Å². The Kier molecular flexibility index (Phi) is 9.40. The fourth-order valence-electron chi connectivity index (χ4n) is 4.81. The quantitative estimate of drug-likeness (QED) is 0.103. The predicted molar refractivity (Wildman–Crippen MR) is 157 cm³/mol. The smallest absolute Gasteiger partial charge is 0.416 e. The van der Waals surface area contributed by atoms with E-state index in [4.69, 9.17) is 9.47 Å². The van der Waals surface area contributed by atoms with E-state index >= 15 is 4.39 Å². The van der Waals surface area contributed by atoms with Gasteiger partial charge in [-0.25, -0.2) is 13.8 Å². The number of ether oxygens (including phenoxy) is 2. The van der Waals surface area contributed by atoms with E-state index in [0.717, 1.165) is 41.7 Å². The average molecular weight is 630 g/mol. The summed E-state index contributed by atoms with van der Waals surface area (Å²) in [5.41, 5.74) is 0.621. The van der Waals surface area contributed by atoms with Crippen molar-refractivity contribution in [1.29, 1.82) is 0 Å². The number of nitrogens with zero attached hydrogens (tertiary/aromatic N) is 3. The molecule has 0 N–H and O–H groups in total. The van der Waals surface area contributed by atoms with Gasteiger partial charge in [-0.3, -0.25) is 9.78 Å². The molecule has 230 valence electrons. The topological polar surface area (TPSA) is 66.2 Å². The molecule has 3 heterocycles. The van der Waals surface area contributed by atoms with Gasteiger partial charge < -0.3 is 14.0 Å². The van der Waals surface area contributed by atoms with Crippen LogP contribution in [-0.4, -0.2) is 34.0 Å². The van der Waals surface area contributed by atoms with Crippen LogP contribution in [0.25, 0.3) is 20.9 Å². The Morgan fingerprint density at radius 3 is 2.52 bits per heavy atom. The standard InChI is InChI=1S/C32H28F5N3O3S/c1-40-22(5-3-4-12-42-2)18-39-31(40)29-17-26-30(44-29)28(10-11-38-26)43-27-9-6-19(14-25(27)34)13-23(41)16-20-15-21(32(35,36)37)7-8-24(20)33/h6-11,14-15,17-18H,3-5,12-13,16H2,1-2H3. The van der Waals surface area contributed by atoms with Crippen LogP contribution in [0.1, 0.15) is 35.2 Å². The number of hydrogen-bond donors (Lipinski definition) is 0. The second kappa shape index (κ2) is 13.2. The Labute approximate surface area is 254 Å². The molecule has 44 heavy (non-hydrogen) atoms. The van der Waals surface area contributed by atoms with Gasteiger partial charge in [0.15, 0.2) is 11.6 Å². The van der Waals surface area contributed by atoms with Gasteiger partial charge in [-0.2, -0.15) is 13.2 Å². The Morgan fingerprint density at radius 2 is 1.77 bits per heavy atom. The van der Waals surface area contributed by atoms with Gasteiger partial charge in [-0.05, 0) is 66.8 Å². The SMILES string of the molecule is COCCCCc1cnc(-c2cc3nccc(Oc4ccc(CC(=O)Cc5cc(C(F)(F)F)ccc5F)cc4F)c3s2)n1C. The van der Waals surface area contributed by atoms with E-state index in [-0.39, 0.29) is 23.3 Å². The van der Waals surface area contributed by atoms with E-state index in [1.807, 2.05) is 23.9 Å². The van der Waals surface area contributed by atoms with E-state index < -0.39 is 35.6 Å². The molecule has 0 spiro atoms. The summed E-state index contributed by atoms with van der Waals surface area (Å²) in [6, 6.07) is 9.43. The first-order valence-electron chi connectivity index (χ1n) is 13.8. The summed E-state index contributed by atoms with van der Waals surface area (Å²) >= 11 is 1.42. The second-order valence-electron chi connectivity index (χ2n) is 10.3. The third kappa shape index (κ3) is 7.13. The first-order valence-corrected chi connectivity index (χ1v) is 14.6. The van der Waals surface area contributed by atoms with Crippen LogP contribution in [-0.2, 0) is 42.0 Å². The number of alkyl halides is 3. The number of fused-ring (bicyclic) bond motifs is 1. The summed E-state index contributed by atoms with van der Waals surface area (Å²) in [5.74, 6) is -1.12. The Hall–Kier alpha value is -4.16. The van der Waals surface area contributed by atoms with Crippen molar-refractivity contribution >= 4 is 27.3 Å². The number of Topliss-reactive ketones (excluding diaryl/α,β-unsaturated/α-hetero) is 1. The zero-order valence-corrected chi connectivity index (χ0v) is 24.7. The number of pyridine rings is 1. The van der Waals surface area contributed by atoms with E-state index in [2.05, 4.69) is 9.97 Å². The maximum Gasteiger partial charge on any atom is 0.416 e. The normalized spacial score (nSPS) is 11.8. The zero-order valence-electron chi connectivity index (χ0n) is 23.9. The summed E-state index contributed by atoms with van der Waals surface area (Å²) in [6.45, 7) is 0.710. The van der Waals surface area contributed by atoms with E-state index in [9.17, 15) is 22.4 Å². The highest BCUT2D eigenvalue weighted by Crippen LogP contribution is 2.39. The number of ketones is 1. The molecule has 12 heteroatoms. The molecular weight excluding hydrogens is 601 g/mol.